The molecule has 0 saturated carbocycles. The molecule has 0 aliphatic heterocycles. The minimum Gasteiger partial charge on any atom is -0.311 e. The molecule has 0 radical (unpaired) electrons. The summed E-state index contributed by atoms with van der Waals surface area (Å²) >= 11 is 13.9. The van der Waals surface area contributed by atoms with Crippen LogP contribution in [0.1, 0.15) is 22.3 Å². The molecule has 1 heterocycles. The fourth-order valence-corrected chi connectivity index (χ4v) is 10.7. The summed E-state index contributed by atoms with van der Waals surface area (Å²) in [5.74, 6) is 0. The molecule has 1 unspecified atom stereocenters. The first-order valence-corrected chi connectivity index (χ1v) is 24.6. The topological polar surface area (TPSA) is 19.4 Å². The highest BCUT2D eigenvalue weighted by molar-refractivity contribution is 6.36. The molecule has 0 bridgehead atoms. The molecular weight excluding hydrogens is 906 g/mol. The van der Waals surface area contributed by atoms with E-state index in [-0.39, 0.29) is 0 Å². The molecule has 1 aliphatic carbocycles. The van der Waals surface area contributed by atoms with Gasteiger partial charge in [0.05, 0.1) is 10.4 Å². The van der Waals surface area contributed by atoms with E-state index in [1.165, 1.54) is 38.9 Å². The number of benzene rings is 10. The van der Waals surface area contributed by atoms with Gasteiger partial charge in [0.2, 0.25) is 0 Å². The Morgan fingerprint density at radius 1 is 0.296 bits per heavy atom. The lowest BCUT2D eigenvalue weighted by Crippen LogP contribution is -2.14. The summed E-state index contributed by atoms with van der Waals surface area (Å²) in [6.45, 7) is 0. The molecule has 10 aromatic carbocycles. The second kappa shape index (κ2) is 18.8. The first-order chi connectivity index (χ1) is 35.0. The van der Waals surface area contributed by atoms with Crippen molar-refractivity contribution in [2.24, 2.45) is 0 Å². The van der Waals surface area contributed by atoms with Gasteiger partial charge in [0.15, 0.2) is 0 Å². The highest BCUT2D eigenvalue weighted by Gasteiger charge is 2.53. The van der Waals surface area contributed by atoms with Crippen LogP contribution in [-0.2, 0) is 5.41 Å². The Kier molecular flexibility index (Phi) is 11.6. The second-order valence-corrected chi connectivity index (χ2v) is 18.6. The van der Waals surface area contributed by atoms with Crippen LogP contribution in [0, 0.1) is 0 Å². The van der Waals surface area contributed by atoms with Crippen LogP contribution in [0.2, 0.25) is 10.0 Å². The van der Waals surface area contributed by atoms with Crippen LogP contribution < -0.4 is 9.80 Å². The van der Waals surface area contributed by atoms with Crippen molar-refractivity contribution < 1.29 is 0 Å². The fraction of sp³-hybridized carbons (Fsp3) is 0.0152. The van der Waals surface area contributed by atoms with Crippen molar-refractivity contribution in [2.75, 3.05) is 9.80 Å². The molecule has 3 nitrogen and oxygen atoms in total. The first kappa shape index (κ1) is 43.8. The van der Waals surface area contributed by atoms with Gasteiger partial charge in [0, 0.05) is 62.7 Å². The van der Waals surface area contributed by atoms with Crippen molar-refractivity contribution in [3.05, 3.63) is 306 Å². The Morgan fingerprint density at radius 3 is 1.24 bits per heavy atom. The quantitative estimate of drug-likeness (QED) is 0.122. The zero-order valence-corrected chi connectivity index (χ0v) is 40.1. The van der Waals surface area contributed by atoms with E-state index in [1.807, 2.05) is 54.9 Å². The summed E-state index contributed by atoms with van der Waals surface area (Å²) in [6.07, 6.45) is 3.72. The van der Waals surface area contributed by atoms with Gasteiger partial charge in [-0.05, 0) is 141 Å². The summed E-state index contributed by atoms with van der Waals surface area (Å²) in [5.41, 5.74) is 19.4. The third-order valence-corrected chi connectivity index (χ3v) is 14.4. The molecule has 71 heavy (non-hydrogen) atoms. The van der Waals surface area contributed by atoms with E-state index in [9.17, 15) is 0 Å². The summed E-state index contributed by atoms with van der Waals surface area (Å²) < 4.78 is 0. The fourth-order valence-electron chi connectivity index (χ4n) is 10.2. The molecule has 338 valence electrons. The minimum atomic E-state index is -0.444. The van der Waals surface area contributed by atoms with Gasteiger partial charge >= 0.3 is 0 Å². The van der Waals surface area contributed by atoms with Crippen LogP contribution in [0.25, 0.3) is 44.5 Å². The van der Waals surface area contributed by atoms with Gasteiger partial charge in [-0.25, -0.2) is 0 Å². The number of hydrogen-bond donors (Lipinski definition) is 0. The van der Waals surface area contributed by atoms with Crippen LogP contribution in [-0.4, -0.2) is 4.98 Å². The first-order valence-electron chi connectivity index (χ1n) is 23.8. The number of hydrogen-bond acceptors (Lipinski definition) is 3. The molecule has 1 aliphatic rings. The zero-order valence-electron chi connectivity index (χ0n) is 38.6. The van der Waals surface area contributed by atoms with E-state index in [0.717, 1.165) is 61.9 Å². The third-order valence-electron chi connectivity index (χ3n) is 13.7. The van der Waals surface area contributed by atoms with Crippen molar-refractivity contribution in [3.8, 4) is 44.5 Å². The van der Waals surface area contributed by atoms with E-state index in [1.54, 1.807) is 0 Å². The van der Waals surface area contributed by atoms with E-state index >= 15 is 0 Å². The van der Waals surface area contributed by atoms with E-state index in [2.05, 4.69) is 233 Å². The van der Waals surface area contributed by atoms with Crippen molar-refractivity contribution in [2.45, 2.75) is 5.41 Å². The minimum absolute atomic E-state index is 0.444. The van der Waals surface area contributed by atoms with Crippen LogP contribution in [0.15, 0.2) is 273 Å². The highest BCUT2D eigenvalue weighted by atomic mass is 35.5. The number of halogens is 2. The Morgan fingerprint density at radius 2 is 0.704 bits per heavy atom. The molecule has 0 spiro atoms. The van der Waals surface area contributed by atoms with E-state index in [4.69, 9.17) is 23.2 Å². The molecule has 1 atom stereocenters. The Labute approximate surface area is 425 Å². The maximum atomic E-state index is 7.19. The monoisotopic (exact) mass is 949 g/mol. The number of rotatable bonds is 12. The highest BCUT2D eigenvalue weighted by Crippen LogP contribution is 2.61. The van der Waals surface area contributed by atoms with Gasteiger partial charge < -0.3 is 9.80 Å². The van der Waals surface area contributed by atoms with Gasteiger partial charge in [0.1, 0.15) is 0 Å². The molecule has 0 fully saturated rings. The standard InChI is InChI=1S/C66H45Cl2N3/c67-64-21-11-10-20-60(64)61-40-38-59(44-65(61)68)71(56-32-24-49(25-33-56)47-15-6-2-7-16-47)58-39-41-62-63(43-58)66(62,52-18-8-3-9-19-52)53-28-36-57(37-29-53)70(54-30-22-48(23-31-54)46-13-4-1-5-14-46)55-34-26-50(27-35-55)51-17-12-42-69-45-51/h1-45H. The summed E-state index contributed by atoms with van der Waals surface area (Å²) in [7, 11) is 0. The molecule has 11 aromatic rings. The van der Waals surface area contributed by atoms with E-state index < -0.39 is 5.41 Å². The lowest BCUT2D eigenvalue weighted by molar-refractivity contribution is 0.913. The molecule has 5 heteroatoms. The predicted octanol–water partition coefficient (Wildman–Crippen LogP) is 18.7. The summed E-state index contributed by atoms with van der Waals surface area (Å²) in [6, 6.07) is 92.5. The third kappa shape index (κ3) is 8.25. The maximum Gasteiger partial charge on any atom is 0.0708 e. The van der Waals surface area contributed by atoms with Gasteiger partial charge in [-0.2, -0.15) is 0 Å². The number of pyridine rings is 1. The molecule has 0 amide bonds. The lowest BCUT2D eigenvalue weighted by Gasteiger charge is -2.27. The molecule has 0 saturated heterocycles. The molecule has 12 rings (SSSR count). The number of anilines is 6. The van der Waals surface area contributed by atoms with Crippen LogP contribution in [0.5, 0.6) is 0 Å². The molecular formula is C66H45Cl2N3. The SMILES string of the molecule is Clc1ccccc1-c1ccc(N(c2ccc(-c3ccccc3)cc2)c2ccc3c(c2)C3(c2ccccc2)c2ccc(N(c3ccc(-c4ccccc4)cc3)c3ccc(-c4cccnc4)cc3)cc2)cc1Cl. The Balaban J connectivity index is 0.941. The summed E-state index contributed by atoms with van der Waals surface area (Å²) in [4.78, 5) is 9.00. The average molecular weight is 951 g/mol. The zero-order chi connectivity index (χ0) is 47.7. The smallest absolute Gasteiger partial charge is 0.0708 e. The number of fused-ring (bicyclic) bond motifs is 1. The van der Waals surface area contributed by atoms with Crippen molar-refractivity contribution in [1.82, 2.24) is 4.98 Å². The van der Waals surface area contributed by atoms with Crippen LogP contribution >= 0.6 is 23.2 Å². The van der Waals surface area contributed by atoms with Crippen molar-refractivity contribution in [3.63, 3.8) is 0 Å². The normalized spacial score (nSPS) is 13.5. The van der Waals surface area contributed by atoms with Crippen molar-refractivity contribution >= 4 is 57.3 Å². The number of aromatic nitrogens is 1. The van der Waals surface area contributed by atoms with Gasteiger partial charge in [-0.15, -0.1) is 0 Å². The van der Waals surface area contributed by atoms with Gasteiger partial charge in [-0.1, -0.05) is 199 Å². The largest absolute Gasteiger partial charge is 0.311 e. The average Bonchev–Trinajstić information content (AvgIpc) is 4.12. The van der Waals surface area contributed by atoms with Gasteiger partial charge in [-0.3, -0.25) is 4.98 Å². The van der Waals surface area contributed by atoms with Gasteiger partial charge in [0.25, 0.3) is 0 Å². The van der Waals surface area contributed by atoms with Crippen LogP contribution in [0.3, 0.4) is 0 Å². The maximum absolute atomic E-state index is 7.19. The van der Waals surface area contributed by atoms with Crippen molar-refractivity contribution in [1.29, 1.82) is 0 Å². The summed E-state index contributed by atoms with van der Waals surface area (Å²) in [5, 5.41) is 1.28. The van der Waals surface area contributed by atoms with E-state index in [0.29, 0.717) is 10.0 Å². The predicted molar refractivity (Wildman–Crippen MR) is 297 cm³/mol. The Bertz CT molecular complexity index is 3540. The molecule has 0 N–H and O–H groups in total. The Hall–Kier alpha value is -8.47. The molecule has 1 aromatic heterocycles. The van der Waals surface area contributed by atoms with Crippen LogP contribution in [0.4, 0.5) is 34.1 Å². The second-order valence-electron chi connectivity index (χ2n) is 17.8. The lowest BCUT2D eigenvalue weighted by atomic mass is 9.84. The number of nitrogens with zero attached hydrogens (tertiary/aromatic N) is 3.